The van der Waals surface area contributed by atoms with Gasteiger partial charge in [-0.15, -0.1) is 31.4 Å². The van der Waals surface area contributed by atoms with Crippen molar-refractivity contribution in [2.75, 3.05) is 26.2 Å². The number of nitrogens with one attached hydrogen (secondary N) is 1. The number of nitrogens with zero attached hydrogens (tertiary/aromatic N) is 1. The van der Waals surface area contributed by atoms with E-state index < -0.39 is 0 Å². The third kappa shape index (κ3) is 6.13. The summed E-state index contributed by atoms with van der Waals surface area (Å²) in [5, 5.41) is 3.79. The van der Waals surface area contributed by atoms with E-state index in [1.165, 1.54) is 6.07 Å². The maximum Gasteiger partial charge on any atom is 0.125 e. The second kappa shape index (κ2) is 9.65. The highest BCUT2D eigenvalue weighted by Gasteiger charge is 2.22. The Hall–Kier alpha value is -0.320. The standard InChI is InChI=1S/C15H20ClFN2.2ClH/c1-11(2)7-15(19-5-3-18-4-6-19)12-8-13(16)10-14(17)9-12;;/h8-10,15,18H,1,3-7H2,2H3;2*1H/t15-;;/m0../s1. The molecule has 0 aromatic heterocycles. The normalized spacial score (nSPS) is 16.5. The van der Waals surface area contributed by atoms with Gasteiger partial charge in [0.2, 0.25) is 0 Å². The zero-order valence-electron chi connectivity index (χ0n) is 12.1. The Kier molecular flexibility index (Phi) is 9.50. The van der Waals surface area contributed by atoms with Crippen LogP contribution in [-0.4, -0.2) is 31.1 Å². The average Bonchev–Trinajstić information content (AvgIpc) is 2.35. The van der Waals surface area contributed by atoms with E-state index >= 15 is 0 Å². The molecule has 1 aliphatic rings. The van der Waals surface area contributed by atoms with Crippen molar-refractivity contribution in [1.29, 1.82) is 0 Å². The molecule has 0 unspecified atom stereocenters. The molecule has 0 radical (unpaired) electrons. The second-order valence-electron chi connectivity index (χ2n) is 5.17. The van der Waals surface area contributed by atoms with Gasteiger partial charge in [-0.2, -0.15) is 0 Å². The highest BCUT2D eigenvalue weighted by molar-refractivity contribution is 6.30. The van der Waals surface area contributed by atoms with Gasteiger partial charge in [-0.3, -0.25) is 4.90 Å². The van der Waals surface area contributed by atoms with Gasteiger partial charge in [0.15, 0.2) is 0 Å². The molecule has 1 N–H and O–H groups in total. The van der Waals surface area contributed by atoms with Crippen LogP contribution in [0.5, 0.6) is 0 Å². The highest BCUT2D eigenvalue weighted by atomic mass is 35.5. The molecule has 1 fully saturated rings. The molecule has 0 saturated carbocycles. The first-order chi connectivity index (χ1) is 9.06. The predicted molar refractivity (Wildman–Crippen MR) is 92.5 cm³/mol. The Bertz CT molecular complexity index is 442. The van der Waals surface area contributed by atoms with Crippen LogP contribution in [-0.2, 0) is 0 Å². The van der Waals surface area contributed by atoms with Gasteiger partial charge in [0.25, 0.3) is 0 Å². The highest BCUT2D eigenvalue weighted by Crippen LogP contribution is 2.29. The molecule has 120 valence electrons. The van der Waals surface area contributed by atoms with E-state index in [0.717, 1.165) is 43.7 Å². The van der Waals surface area contributed by atoms with Gasteiger partial charge >= 0.3 is 0 Å². The fourth-order valence-electron chi connectivity index (χ4n) is 2.55. The molecule has 2 rings (SSSR count). The van der Waals surface area contributed by atoms with Gasteiger partial charge in [-0.1, -0.05) is 17.2 Å². The smallest absolute Gasteiger partial charge is 0.125 e. The number of rotatable bonds is 4. The quantitative estimate of drug-likeness (QED) is 0.813. The molecule has 1 saturated heterocycles. The topological polar surface area (TPSA) is 15.3 Å². The lowest BCUT2D eigenvalue weighted by Crippen LogP contribution is -2.45. The van der Waals surface area contributed by atoms with Crippen molar-refractivity contribution < 1.29 is 4.39 Å². The maximum absolute atomic E-state index is 13.6. The van der Waals surface area contributed by atoms with Crippen molar-refractivity contribution in [2.45, 2.75) is 19.4 Å². The summed E-state index contributed by atoms with van der Waals surface area (Å²) in [6.07, 6.45) is 0.833. The van der Waals surface area contributed by atoms with Crippen molar-refractivity contribution in [3.8, 4) is 0 Å². The minimum atomic E-state index is -0.274. The Morgan fingerprint density at radius 3 is 2.48 bits per heavy atom. The Balaban J connectivity index is 0.00000200. The Morgan fingerprint density at radius 1 is 1.33 bits per heavy atom. The van der Waals surface area contributed by atoms with Gasteiger partial charge < -0.3 is 5.32 Å². The van der Waals surface area contributed by atoms with Crippen molar-refractivity contribution in [3.63, 3.8) is 0 Å². The predicted octanol–water partition coefficient (Wildman–Crippen LogP) is 4.24. The maximum atomic E-state index is 13.6. The zero-order chi connectivity index (χ0) is 13.8. The minimum Gasteiger partial charge on any atom is -0.314 e. The van der Waals surface area contributed by atoms with Crippen LogP contribution in [0.15, 0.2) is 30.4 Å². The molecule has 21 heavy (non-hydrogen) atoms. The molecule has 1 aromatic carbocycles. The number of benzene rings is 1. The Labute approximate surface area is 143 Å². The molecule has 0 amide bonds. The van der Waals surface area contributed by atoms with Crippen LogP contribution >= 0.6 is 36.4 Å². The monoisotopic (exact) mass is 354 g/mol. The van der Waals surface area contributed by atoms with E-state index in [9.17, 15) is 4.39 Å². The molecule has 2 nitrogen and oxygen atoms in total. The average molecular weight is 356 g/mol. The van der Waals surface area contributed by atoms with Crippen molar-refractivity contribution in [2.24, 2.45) is 0 Å². The summed E-state index contributed by atoms with van der Waals surface area (Å²) < 4.78 is 13.6. The number of piperazine rings is 1. The van der Waals surface area contributed by atoms with Gasteiger partial charge in [0.1, 0.15) is 5.82 Å². The summed E-state index contributed by atoms with van der Waals surface area (Å²) in [6.45, 7) is 9.87. The van der Waals surface area contributed by atoms with Gasteiger partial charge in [-0.25, -0.2) is 4.39 Å². The third-order valence-corrected chi connectivity index (χ3v) is 3.62. The molecule has 1 aromatic rings. The number of halogens is 4. The molecule has 1 aliphatic heterocycles. The molecule has 6 heteroatoms. The minimum absolute atomic E-state index is 0. The van der Waals surface area contributed by atoms with Crippen LogP contribution in [0.3, 0.4) is 0 Å². The molecular weight excluding hydrogens is 334 g/mol. The lowest BCUT2D eigenvalue weighted by molar-refractivity contribution is 0.172. The molecule has 1 heterocycles. The van der Waals surface area contributed by atoms with Crippen LogP contribution in [0.4, 0.5) is 4.39 Å². The van der Waals surface area contributed by atoms with E-state index in [1.807, 2.05) is 13.0 Å². The summed E-state index contributed by atoms with van der Waals surface area (Å²) >= 11 is 5.98. The fraction of sp³-hybridized carbons (Fsp3) is 0.467. The first-order valence-electron chi connectivity index (χ1n) is 6.61. The largest absolute Gasteiger partial charge is 0.314 e. The van der Waals surface area contributed by atoms with E-state index in [2.05, 4.69) is 16.8 Å². The number of hydrogen-bond acceptors (Lipinski definition) is 2. The number of hydrogen-bond donors (Lipinski definition) is 1. The molecular formula is C15H22Cl3FN2. The van der Waals surface area contributed by atoms with Crippen LogP contribution in [0, 0.1) is 5.82 Å². The molecule has 0 spiro atoms. The van der Waals surface area contributed by atoms with Crippen LogP contribution in [0.25, 0.3) is 0 Å². The van der Waals surface area contributed by atoms with Crippen molar-refractivity contribution >= 4 is 36.4 Å². The van der Waals surface area contributed by atoms with E-state index in [0.29, 0.717) is 5.02 Å². The first-order valence-corrected chi connectivity index (χ1v) is 6.99. The van der Waals surface area contributed by atoms with Crippen LogP contribution in [0.2, 0.25) is 5.02 Å². The SMILES string of the molecule is C=C(C)C[C@@H](c1cc(F)cc(Cl)c1)N1CCNCC1.Cl.Cl. The van der Waals surface area contributed by atoms with Gasteiger partial charge in [-0.05, 0) is 37.1 Å². The van der Waals surface area contributed by atoms with Crippen molar-refractivity contribution in [1.82, 2.24) is 10.2 Å². The second-order valence-corrected chi connectivity index (χ2v) is 5.60. The van der Waals surface area contributed by atoms with Crippen molar-refractivity contribution in [3.05, 3.63) is 46.8 Å². The Morgan fingerprint density at radius 2 is 1.95 bits per heavy atom. The van der Waals surface area contributed by atoms with Gasteiger partial charge in [0, 0.05) is 37.2 Å². The lowest BCUT2D eigenvalue weighted by Gasteiger charge is -2.35. The summed E-state index contributed by atoms with van der Waals surface area (Å²) in [6, 6.07) is 4.95. The lowest BCUT2D eigenvalue weighted by atomic mass is 9.98. The first kappa shape index (κ1) is 20.7. The van der Waals surface area contributed by atoms with Crippen LogP contribution in [0.1, 0.15) is 24.9 Å². The molecule has 0 bridgehead atoms. The summed E-state index contributed by atoms with van der Waals surface area (Å²) in [7, 11) is 0. The summed E-state index contributed by atoms with van der Waals surface area (Å²) in [5.74, 6) is -0.274. The van der Waals surface area contributed by atoms with E-state index in [-0.39, 0.29) is 36.7 Å². The van der Waals surface area contributed by atoms with E-state index in [4.69, 9.17) is 11.6 Å². The third-order valence-electron chi connectivity index (χ3n) is 3.40. The van der Waals surface area contributed by atoms with E-state index in [1.54, 1.807) is 6.07 Å². The van der Waals surface area contributed by atoms with Gasteiger partial charge in [0.05, 0.1) is 0 Å². The summed E-state index contributed by atoms with van der Waals surface area (Å²) in [5.41, 5.74) is 2.04. The summed E-state index contributed by atoms with van der Waals surface area (Å²) in [4.78, 5) is 2.37. The molecule has 0 aliphatic carbocycles. The zero-order valence-corrected chi connectivity index (χ0v) is 14.5. The fourth-order valence-corrected chi connectivity index (χ4v) is 2.78. The molecule has 1 atom stereocenters. The van der Waals surface area contributed by atoms with Crippen LogP contribution < -0.4 is 5.32 Å².